The molecule has 1 aromatic rings. The Morgan fingerprint density at radius 1 is 1.24 bits per heavy atom. The lowest BCUT2D eigenvalue weighted by atomic mass is 10.2. The Bertz CT molecular complexity index is 358. The molecule has 17 heavy (non-hydrogen) atoms. The van der Waals surface area contributed by atoms with Crippen molar-refractivity contribution in [2.24, 2.45) is 0 Å². The third-order valence-electron chi connectivity index (χ3n) is 3.29. The van der Waals surface area contributed by atoms with Crippen LogP contribution in [0.1, 0.15) is 49.1 Å². The highest BCUT2D eigenvalue weighted by molar-refractivity contribution is 7.99. The molecule has 1 aliphatic heterocycles. The van der Waals surface area contributed by atoms with Crippen molar-refractivity contribution in [3.63, 3.8) is 0 Å². The van der Waals surface area contributed by atoms with Crippen molar-refractivity contribution in [3.8, 4) is 0 Å². The fourth-order valence-corrected chi connectivity index (χ4v) is 3.33. The van der Waals surface area contributed by atoms with E-state index in [1.54, 1.807) is 0 Å². The van der Waals surface area contributed by atoms with Crippen LogP contribution in [-0.2, 0) is 6.42 Å². The van der Waals surface area contributed by atoms with Crippen LogP contribution in [0.2, 0.25) is 0 Å². The largest absolute Gasteiger partial charge is 0.424 e. The molecular formula is C12H19N3OS. The van der Waals surface area contributed by atoms with E-state index in [1.165, 1.54) is 37.9 Å². The molecule has 0 radical (unpaired) electrons. The van der Waals surface area contributed by atoms with Crippen LogP contribution in [0, 0.1) is 0 Å². The number of hydrogen-bond acceptors (Lipinski definition) is 5. The summed E-state index contributed by atoms with van der Waals surface area (Å²) in [5, 5.41) is 12.2. The summed E-state index contributed by atoms with van der Waals surface area (Å²) in [6, 6.07) is 0.756. The number of hydrogen-bond donors (Lipinski definition) is 1. The van der Waals surface area contributed by atoms with E-state index >= 15 is 0 Å². The van der Waals surface area contributed by atoms with Crippen molar-refractivity contribution < 1.29 is 4.42 Å². The molecule has 1 saturated carbocycles. The fourth-order valence-electron chi connectivity index (χ4n) is 2.10. The summed E-state index contributed by atoms with van der Waals surface area (Å²) in [4.78, 5) is 0. The molecule has 0 aromatic carbocycles. The molecule has 1 atom stereocenters. The molecule has 2 fully saturated rings. The van der Waals surface area contributed by atoms with Gasteiger partial charge in [-0.2, -0.15) is 0 Å². The predicted molar refractivity (Wildman–Crippen MR) is 68.1 cm³/mol. The van der Waals surface area contributed by atoms with E-state index in [0.29, 0.717) is 5.25 Å². The summed E-state index contributed by atoms with van der Waals surface area (Å²) in [6.07, 6.45) is 7.32. The van der Waals surface area contributed by atoms with E-state index in [9.17, 15) is 0 Å². The number of thioether (sulfide) groups is 1. The summed E-state index contributed by atoms with van der Waals surface area (Å²) < 4.78 is 5.74. The van der Waals surface area contributed by atoms with Gasteiger partial charge >= 0.3 is 0 Å². The summed E-state index contributed by atoms with van der Waals surface area (Å²) in [6.45, 7) is 0.962. The molecule has 5 heteroatoms. The van der Waals surface area contributed by atoms with Gasteiger partial charge in [-0.25, -0.2) is 0 Å². The summed E-state index contributed by atoms with van der Waals surface area (Å²) >= 11 is 1.96. The monoisotopic (exact) mass is 253 g/mol. The zero-order chi connectivity index (χ0) is 11.5. The minimum atomic E-state index is 0.446. The lowest BCUT2D eigenvalue weighted by Gasteiger charge is -2.17. The quantitative estimate of drug-likeness (QED) is 0.872. The minimum absolute atomic E-state index is 0.446. The maximum atomic E-state index is 5.74. The van der Waals surface area contributed by atoms with Crippen LogP contribution in [0.3, 0.4) is 0 Å². The fraction of sp³-hybridized carbons (Fsp3) is 0.833. The molecule has 2 aliphatic rings. The zero-order valence-electron chi connectivity index (χ0n) is 10.0. The molecule has 4 nitrogen and oxygen atoms in total. The van der Waals surface area contributed by atoms with Crippen molar-refractivity contribution in [2.75, 3.05) is 12.3 Å². The highest BCUT2D eigenvalue weighted by atomic mass is 32.2. The standard InChI is InChI=1S/C12H19N3OS/c1-2-8-17-10(3-1)12-15-14-11(16-12)6-7-13-9-4-5-9/h9-10,13H,1-8H2. The molecule has 94 valence electrons. The Kier molecular flexibility index (Phi) is 3.66. The molecule has 0 spiro atoms. The average molecular weight is 253 g/mol. The van der Waals surface area contributed by atoms with Gasteiger partial charge < -0.3 is 9.73 Å². The van der Waals surface area contributed by atoms with Crippen LogP contribution in [0.4, 0.5) is 0 Å². The number of nitrogens with one attached hydrogen (secondary N) is 1. The summed E-state index contributed by atoms with van der Waals surface area (Å²) in [5.41, 5.74) is 0. The number of nitrogens with zero attached hydrogens (tertiary/aromatic N) is 2. The third-order valence-corrected chi connectivity index (χ3v) is 4.65. The topological polar surface area (TPSA) is 51.0 Å². The first kappa shape index (κ1) is 11.5. The van der Waals surface area contributed by atoms with E-state index in [4.69, 9.17) is 4.42 Å². The van der Waals surface area contributed by atoms with E-state index in [1.807, 2.05) is 11.8 Å². The smallest absolute Gasteiger partial charge is 0.229 e. The minimum Gasteiger partial charge on any atom is -0.424 e. The van der Waals surface area contributed by atoms with Gasteiger partial charge in [-0.3, -0.25) is 0 Å². The van der Waals surface area contributed by atoms with Crippen LogP contribution < -0.4 is 5.32 Å². The van der Waals surface area contributed by atoms with Crippen LogP contribution in [0.15, 0.2) is 4.42 Å². The van der Waals surface area contributed by atoms with E-state index in [0.717, 1.165) is 30.8 Å². The lowest BCUT2D eigenvalue weighted by molar-refractivity contribution is 0.431. The van der Waals surface area contributed by atoms with E-state index in [2.05, 4.69) is 15.5 Å². The van der Waals surface area contributed by atoms with Crippen LogP contribution >= 0.6 is 11.8 Å². The lowest BCUT2D eigenvalue weighted by Crippen LogP contribution is -2.19. The van der Waals surface area contributed by atoms with Crippen LogP contribution in [-0.4, -0.2) is 28.5 Å². The molecule has 2 heterocycles. The van der Waals surface area contributed by atoms with E-state index in [-0.39, 0.29) is 0 Å². The molecule has 1 unspecified atom stereocenters. The van der Waals surface area contributed by atoms with Gasteiger partial charge in [0.1, 0.15) is 0 Å². The third kappa shape index (κ3) is 3.22. The Morgan fingerprint density at radius 3 is 2.94 bits per heavy atom. The van der Waals surface area contributed by atoms with Crippen molar-refractivity contribution in [1.29, 1.82) is 0 Å². The van der Waals surface area contributed by atoms with Gasteiger partial charge in [0.15, 0.2) is 0 Å². The van der Waals surface area contributed by atoms with Crippen molar-refractivity contribution in [2.45, 2.75) is 49.8 Å². The van der Waals surface area contributed by atoms with E-state index < -0.39 is 0 Å². The summed E-state index contributed by atoms with van der Waals surface area (Å²) in [7, 11) is 0. The average Bonchev–Trinajstić information content (AvgIpc) is 3.07. The second kappa shape index (κ2) is 5.40. The molecular weight excluding hydrogens is 234 g/mol. The second-order valence-corrected chi connectivity index (χ2v) is 6.18. The van der Waals surface area contributed by atoms with Gasteiger partial charge in [0, 0.05) is 19.0 Å². The Hall–Kier alpha value is -0.550. The number of rotatable bonds is 5. The zero-order valence-corrected chi connectivity index (χ0v) is 10.8. The van der Waals surface area contributed by atoms with Crippen LogP contribution in [0.25, 0.3) is 0 Å². The Morgan fingerprint density at radius 2 is 2.18 bits per heavy atom. The maximum absolute atomic E-state index is 5.74. The van der Waals surface area contributed by atoms with Crippen molar-refractivity contribution >= 4 is 11.8 Å². The van der Waals surface area contributed by atoms with Gasteiger partial charge in [-0.15, -0.1) is 22.0 Å². The molecule has 3 rings (SSSR count). The SMILES string of the molecule is C1CCC(c2nnc(CCNC3CC3)o2)SC1. The second-order valence-electron chi connectivity index (χ2n) is 4.87. The first-order valence-electron chi connectivity index (χ1n) is 6.59. The molecule has 1 saturated heterocycles. The molecule has 1 N–H and O–H groups in total. The molecule has 1 aromatic heterocycles. The van der Waals surface area contributed by atoms with Crippen LogP contribution in [0.5, 0.6) is 0 Å². The number of aromatic nitrogens is 2. The van der Waals surface area contributed by atoms with Gasteiger partial charge in [0.25, 0.3) is 0 Å². The van der Waals surface area contributed by atoms with Crippen molar-refractivity contribution in [1.82, 2.24) is 15.5 Å². The van der Waals surface area contributed by atoms with Gasteiger partial charge in [0.2, 0.25) is 11.8 Å². The Labute approximate surface area is 106 Å². The first-order chi connectivity index (χ1) is 8.42. The molecule has 0 bridgehead atoms. The van der Waals surface area contributed by atoms with Gasteiger partial charge in [-0.05, 0) is 31.4 Å². The predicted octanol–water partition coefficient (Wildman–Crippen LogP) is 2.32. The normalized spacial score (nSPS) is 25.1. The first-order valence-corrected chi connectivity index (χ1v) is 7.64. The molecule has 1 aliphatic carbocycles. The summed E-state index contributed by atoms with van der Waals surface area (Å²) in [5.74, 6) is 2.86. The van der Waals surface area contributed by atoms with Gasteiger partial charge in [-0.1, -0.05) is 6.42 Å². The van der Waals surface area contributed by atoms with Crippen molar-refractivity contribution in [3.05, 3.63) is 11.8 Å². The highest BCUT2D eigenvalue weighted by Gasteiger charge is 2.22. The highest BCUT2D eigenvalue weighted by Crippen LogP contribution is 2.37. The molecule has 0 amide bonds. The van der Waals surface area contributed by atoms with Gasteiger partial charge in [0.05, 0.1) is 5.25 Å². The Balaban J connectivity index is 1.49. The maximum Gasteiger partial charge on any atom is 0.229 e.